The molecule has 0 N–H and O–H groups in total. The number of benzene rings is 3. The molecule has 0 spiro atoms. The smallest absolute Gasteiger partial charge is 0.275 e. The van der Waals surface area contributed by atoms with Gasteiger partial charge in [-0.15, -0.1) is 0 Å². The number of carbonyl (C=O) groups excluding carboxylic acids is 2. The summed E-state index contributed by atoms with van der Waals surface area (Å²) < 4.78 is 14.1. The Labute approximate surface area is 388 Å². The van der Waals surface area contributed by atoms with Crippen molar-refractivity contribution in [2.45, 2.75) is 73.5 Å². The topological polar surface area (TPSA) is 121 Å². The number of hydrogen-bond acceptors (Lipinski definition) is 7. The molecule has 0 saturated carbocycles. The second kappa shape index (κ2) is 17.2. The molecule has 1 aliphatic rings. The zero-order valence-electron chi connectivity index (χ0n) is 38.2. The maximum Gasteiger partial charge on any atom is 0.275 e. The molecule has 0 aliphatic carbocycles. The van der Waals surface area contributed by atoms with E-state index < -0.39 is 0 Å². The van der Waals surface area contributed by atoms with Crippen LogP contribution in [-0.4, -0.2) is 82.6 Å². The van der Waals surface area contributed by atoms with Gasteiger partial charge in [-0.3, -0.25) is 19.3 Å². The number of anilines is 1. The minimum atomic E-state index is -0.178. The van der Waals surface area contributed by atoms with E-state index in [0.717, 1.165) is 88.7 Å². The first-order valence-corrected chi connectivity index (χ1v) is 22.6. The third kappa shape index (κ3) is 7.94. The monoisotopic (exact) mass is 910 g/mol. The number of likely N-dealkylation sites (N-methyl/N-ethyl adjacent to an activating group) is 1. The number of aryl methyl sites for hydroxylation is 6. The van der Waals surface area contributed by atoms with Gasteiger partial charge in [0, 0.05) is 83.8 Å². The van der Waals surface area contributed by atoms with Gasteiger partial charge in [0.05, 0.1) is 46.3 Å². The maximum atomic E-state index is 15.6. The van der Waals surface area contributed by atoms with Gasteiger partial charge < -0.3 is 23.7 Å². The molecule has 1 atom stereocenters. The largest absolute Gasteiger partial charge is 0.494 e. The summed E-state index contributed by atoms with van der Waals surface area (Å²) in [7, 11) is 5.43. The molecule has 0 radical (unpaired) electrons. The Morgan fingerprint density at radius 1 is 0.938 bits per heavy atom. The van der Waals surface area contributed by atoms with Crippen LogP contribution in [0.5, 0.6) is 5.75 Å². The Morgan fingerprint density at radius 3 is 2.42 bits per heavy atom. The molecule has 15 heteroatoms. The van der Waals surface area contributed by atoms with Crippen molar-refractivity contribution in [3.05, 3.63) is 128 Å². The number of ether oxygens (including phenoxy) is 1. The quantitative estimate of drug-likeness (QED) is 0.112. The Morgan fingerprint density at radius 2 is 1.71 bits per heavy atom. The van der Waals surface area contributed by atoms with Gasteiger partial charge >= 0.3 is 0 Å². The first-order chi connectivity index (χ1) is 31.1. The molecule has 334 valence electrons. The van der Waals surface area contributed by atoms with Crippen LogP contribution in [-0.2, 0) is 31.4 Å². The minimum Gasteiger partial charge on any atom is -0.494 e. The van der Waals surface area contributed by atoms with Crippen LogP contribution < -0.4 is 9.64 Å². The van der Waals surface area contributed by atoms with Crippen LogP contribution in [0.15, 0.2) is 73.2 Å². The van der Waals surface area contributed by atoms with E-state index in [1.165, 1.54) is 0 Å². The van der Waals surface area contributed by atoms with Gasteiger partial charge in [0.1, 0.15) is 24.3 Å². The summed E-state index contributed by atoms with van der Waals surface area (Å²) in [5, 5.41) is 12.7. The van der Waals surface area contributed by atoms with Gasteiger partial charge in [0.15, 0.2) is 5.82 Å². The van der Waals surface area contributed by atoms with Gasteiger partial charge in [-0.25, -0.2) is 9.67 Å². The molecule has 1 aliphatic heterocycles. The summed E-state index contributed by atoms with van der Waals surface area (Å²) in [6.45, 7) is 13.5. The van der Waals surface area contributed by atoms with Crippen molar-refractivity contribution in [3.63, 3.8) is 0 Å². The molecule has 2 amide bonds. The highest BCUT2D eigenvalue weighted by Gasteiger charge is 2.38. The van der Waals surface area contributed by atoms with Crippen LogP contribution in [0.25, 0.3) is 44.3 Å². The van der Waals surface area contributed by atoms with E-state index in [4.69, 9.17) is 38.1 Å². The van der Waals surface area contributed by atoms with Crippen molar-refractivity contribution in [1.29, 1.82) is 0 Å². The molecule has 65 heavy (non-hydrogen) atoms. The molecule has 0 fully saturated rings. The number of amides is 2. The third-order valence-corrected chi connectivity index (χ3v) is 13.5. The highest BCUT2D eigenvalue weighted by Crippen LogP contribution is 2.46. The van der Waals surface area contributed by atoms with E-state index in [1.54, 1.807) is 30.0 Å². The number of carbonyl (C=O) groups is 2. The fourth-order valence-electron chi connectivity index (χ4n) is 9.34. The Balaban J connectivity index is 1.16. The summed E-state index contributed by atoms with van der Waals surface area (Å²) >= 11 is 13.7. The van der Waals surface area contributed by atoms with Crippen LogP contribution in [0.1, 0.15) is 69.3 Å². The normalized spacial score (nSPS) is 13.9. The van der Waals surface area contributed by atoms with Crippen LogP contribution in [0.4, 0.5) is 5.69 Å². The van der Waals surface area contributed by atoms with E-state index in [0.29, 0.717) is 54.8 Å². The molecular weight excluding hydrogens is 860 g/mol. The van der Waals surface area contributed by atoms with E-state index in [9.17, 15) is 4.79 Å². The molecule has 1 unspecified atom stereocenters. The lowest BCUT2D eigenvalue weighted by molar-refractivity contribution is -0.129. The Kier molecular flexibility index (Phi) is 11.6. The number of pyridine rings is 1. The predicted molar refractivity (Wildman–Crippen MR) is 257 cm³/mol. The fraction of sp³-hybridized carbons (Fsp3) is 0.320. The van der Waals surface area contributed by atoms with E-state index >= 15 is 4.79 Å². The second-order valence-corrected chi connectivity index (χ2v) is 18.3. The summed E-state index contributed by atoms with van der Waals surface area (Å²) in [6.07, 6.45) is 4.85. The summed E-state index contributed by atoms with van der Waals surface area (Å²) in [6, 6.07) is 19.6. The maximum absolute atomic E-state index is 15.6. The summed E-state index contributed by atoms with van der Waals surface area (Å²) in [5.41, 5.74) is 12.1. The van der Waals surface area contributed by atoms with Crippen LogP contribution >= 0.6 is 23.2 Å². The van der Waals surface area contributed by atoms with Gasteiger partial charge in [-0.1, -0.05) is 35.3 Å². The fourth-order valence-corrected chi connectivity index (χ4v) is 9.70. The molecule has 6 heterocycles. The van der Waals surface area contributed by atoms with Crippen molar-refractivity contribution < 1.29 is 14.3 Å². The molecule has 0 saturated heterocycles. The molecule has 3 aromatic carbocycles. The minimum absolute atomic E-state index is 0.0695. The zero-order valence-corrected chi connectivity index (χ0v) is 39.7. The second-order valence-electron chi connectivity index (χ2n) is 17.5. The molecule has 0 bridgehead atoms. The zero-order chi connectivity index (χ0) is 46.0. The number of aromatic nitrogens is 8. The first kappa shape index (κ1) is 43.8. The molecular formula is C50H52Cl2N10O3. The first-order valence-electron chi connectivity index (χ1n) is 21.8. The highest BCUT2D eigenvalue weighted by molar-refractivity contribution is 6.35. The van der Waals surface area contributed by atoms with Gasteiger partial charge in [0.25, 0.3) is 5.91 Å². The van der Waals surface area contributed by atoms with Crippen LogP contribution in [0, 0.1) is 34.6 Å². The van der Waals surface area contributed by atoms with Crippen molar-refractivity contribution in [2.75, 3.05) is 32.1 Å². The lowest BCUT2D eigenvalue weighted by Crippen LogP contribution is -2.42. The average molecular weight is 912 g/mol. The number of hydrogen-bond donors (Lipinski definition) is 0. The van der Waals surface area contributed by atoms with Crippen molar-refractivity contribution >= 4 is 62.5 Å². The standard InChI is InChI=1S/C50H52Cl2N10O3/c1-28-20-36(21-29(2)46(28)52)65-19-11-14-37-38-16-17-40(51)45(44-32(5)55-58(9)33(44)6)47(38)62-31(4)23-61(50(64)48(37)62)42-25-59(26-43(63)57(7)8)41-18-15-34(22-39(41)42)49-53-27-60(56-49)24-35-13-10-12-30(3)54-35/h10,12-13,15-18,20-22,25,27,31H,11,14,19,23-24,26H2,1-9H3. The lowest BCUT2D eigenvalue weighted by Gasteiger charge is -2.34. The lowest BCUT2D eigenvalue weighted by atomic mass is 9.98. The third-order valence-electron chi connectivity index (χ3n) is 12.6. The number of fused-ring (bicyclic) bond motifs is 4. The van der Waals surface area contributed by atoms with E-state index in [1.807, 2.05) is 123 Å². The SMILES string of the molecule is Cc1cccc(Cn2cnc(-c3ccc4c(c3)c(N3CC(C)n5c(c(CCCOc6cc(C)c(Cl)c(C)c6)c6ccc(Cl)c(-c7c(C)nn(C)c7C)c65)C3=O)cn4CC(=O)N(C)C)n2)n1. The molecule has 8 aromatic rings. The van der Waals surface area contributed by atoms with Crippen LogP contribution in [0.2, 0.25) is 10.0 Å². The molecule has 5 aromatic heterocycles. The number of nitrogens with zero attached hydrogens (tertiary/aromatic N) is 10. The average Bonchev–Trinajstić information content (AvgIpc) is 4.02. The van der Waals surface area contributed by atoms with E-state index in [2.05, 4.69) is 21.5 Å². The Hall–Kier alpha value is -6.44. The van der Waals surface area contributed by atoms with Crippen molar-refractivity contribution in [1.82, 2.24) is 43.6 Å². The van der Waals surface area contributed by atoms with Gasteiger partial charge in [0.2, 0.25) is 5.91 Å². The van der Waals surface area contributed by atoms with Crippen LogP contribution in [0.3, 0.4) is 0 Å². The molecule has 13 nitrogen and oxygen atoms in total. The van der Waals surface area contributed by atoms with Gasteiger partial charge in [-0.05, 0) is 120 Å². The molecule has 9 rings (SSSR count). The summed E-state index contributed by atoms with van der Waals surface area (Å²) in [4.78, 5) is 41.7. The summed E-state index contributed by atoms with van der Waals surface area (Å²) in [5.74, 6) is 1.09. The van der Waals surface area contributed by atoms with Gasteiger partial charge in [-0.2, -0.15) is 10.2 Å². The van der Waals surface area contributed by atoms with Crippen molar-refractivity contribution in [2.24, 2.45) is 7.05 Å². The number of rotatable bonds is 12. The predicted octanol–water partition coefficient (Wildman–Crippen LogP) is 9.87. The van der Waals surface area contributed by atoms with E-state index in [-0.39, 0.29) is 24.4 Å². The number of halogens is 2. The van der Waals surface area contributed by atoms with Crippen molar-refractivity contribution in [3.8, 4) is 28.3 Å². The highest BCUT2D eigenvalue weighted by atomic mass is 35.5. The Bertz CT molecular complexity index is 3170.